The first-order chi connectivity index (χ1) is 8.27. The van der Waals surface area contributed by atoms with Crippen LogP contribution in [0.3, 0.4) is 0 Å². The van der Waals surface area contributed by atoms with E-state index in [1.807, 2.05) is 0 Å². The Kier molecular flexibility index (Phi) is 3.89. The number of nitro groups is 1. The lowest BCUT2D eigenvalue weighted by molar-refractivity contribution is -0.385. The predicted octanol–water partition coefficient (Wildman–Crippen LogP) is 2.74. The van der Waals surface area contributed by atoms with Crippen LogP contribution in [0.5, 0.6) is 5.75 Å². The van der Waals surface area contributed by atoms with Gasteiger partial charge in [0.1, 0.15) is 0 Å². The van der Waals surface area contributed by atoms with E-state index in [9.17, 15) is 28.1 Å². The summed E-state index contributed by atoms with van der Waals surface area (Å²) in [5, 5.41) is 10.7. The lowest BCUT2D eigenvalue weighted by Gasteiger charge is -2.07. The molecule has 0 aromatic heterocycles. The van der Waals surface area contributed by atoms with E-state index in [2.05, 4.69) is 0 Å². The number of ketones is 1. The molecule has 1 aromatic rings. The molecule has 1 rings (SSSR count). The van der Waals surface area contributed by atoms with Crippen LogP contribution < -0.4 is 4.74 Å². The van der Waals surface area contributed by atoms with Crippen molar-refractivity contribution in [3.8, 4) is 5.75 Å². The third kappa shape index (κ3) is 2.96. The van der Waals surface area contributed by atoms with E-state index >= 15 is 0 Å². The first kappa shape index (κ1) is 13.9. The van der Waals surface area contributed by atoms with E-state index in [1.165, 1.54) is 0 Å². The highest BCUT2D eigenvalue weighted by Gasteiger charge is 2.40. The first-order valence-electron chi connectivity index (χ1n) is 4.80. The number of hydrogen-bond donors (Lipinski definition) is 0. The minimum absolute atomic E-state index is 0.118. The van der Waals surface area contributed by atoms with Gasteiger partial charge in [-0.2, -0.15) is 13.2 Å². The highest BCUT2D eigenvalue weighted by Crippen LogP contribution is 2.30. The molecule has 0 bridgehead atoms. The van der Waals surface area contributed by atoms with Crippen molar-refractivity contribution in [2.45, 2.75) is 13.1 Å². The molecule has 0 amide bonds. The number of hydrogen-bond acceptors (Lipinski definition) is 4. The number of alkyl halides is 3. The normalized spacial score (nSPS) is 11.1. The average molecular weight is 263 g/mol. The van der Waals surface area contributed by atoms with Crippen LogP contribution in [0.15, 0.2) is 18.2 Å². The highest BCUT2D eigenvalue weighted by molar-refractivity contribution is 6.01. The van der Waals surface area contributed by atoms with Crippen LogP contribution in [0.4, 0.5) is 18.9 Å². The van der Waals surface area contributed by atoms with Gasteiger partial charge in [0.2, 0.25) is 0 Å². The van der Waals surface area contributed by atoms with Crippen molar-refractivity contribution in [2.24, 2.45) is 0 Å². The summed E-state index contributed by atoms with van der Waals surface area (Å²) in [5.41, 5.74) is -1.47. The molecule has 0 heterocycles. The summed E-state index contributed by atoms with van der Waals surface area (Å²) in [7, 11) is 0. The van der Waals surface area contributed by atoms with Crippen molar-refractivity contribution in [3.05, 3.63) is 33.9 Å². The van der Waals surface area contributed by atoms with Gasteiger partial charge in [-0.15, -0.1) is 0 Å². The maximum Gasteiger partial charge on any atom is 0.454 e. The molecule has 0 fully saturated rings. The molecule has 0 saturated carbocycles. The fraction of sp³-hybridized carbons (Fsp3) is 0.300. The summed E-state index contributed by atoms with van der Waals surface area (Å²) in [5.74, 6) is -2.31. The largest absolute Gasteiger partial charge is 0.487 e. The van der Waals surface area contributed by atoms with E-state index in [0.717, 1.165) is 12.1 Å². The van der Waals surface area contributed by atoms with Gasteiger partial charge in [-0.1, -0.05) is 0 Å². The number of rotatable bonds is 4. The second kappa shape index (κ2) is 5.03. The van der Waals surface area contributed by atoms with Gasteiger partial charge in [0.15, 0.2) is 5.75 Å². The van der Waals surface area contributed by atoms with Gasteiger partial charge in [0.25, 0.3) is 5.78 Å². The van der Waals surface area contributed by atoms with Gasteiger partial charge in [-0.05, 0) is 19.1 Å². The monoisotopic (exact) mass is 263 g/mol. The molecular formula is C10H8F3NO4. The summed E-state index contributed by atoms with van der Waals surface area (Å²) in [6, 6.07) is 2.37. The fourth-order valence-electron chi connectivity index (χ4n) is 1.24. The molecule has 8 heteroatoms. The highest BCUT2D eigenvalue weighted by atomic mass is 19.4. The molecule has 98 valence electrons. The number of benzene rings is 1. The van der Waals surface area contributed by atoms with E-state index < -0.39 is 28.1 Å². The Hall–Kier alpha value is -2.12. The Bertz CT molecular complexity index is 485. The minimum atomic E-state index is -5.07. The quantitative estimate of drug-likeness (QED) is 0.475. The number of halogens is 3. The molecule has 0 aliphatic heterocycles. The molecule has 0 spiro atoms. The molecule has 0 saturated heterocycles. The Balaban J connectivity index is 3.23. The van der Waals surface area contributed by atoms with Gasteiger partial charge in [-0.3, -0.25) is 14.9 Å². The van der Waals surface area contributed by atoms with Gasteiger partial charge in [0.05, 0.1) is 11.5 Å². The van der Waals surface area contributed by atoms with Crippen molar-refractivity contribution >= 4 is 11.5 Å². The number of nitro benzene ring substituents is 1. The molecule has 0 radical (unpaired) electrons. The van der Waals surface area contributed by atoms with Crippen LogP contribution in [0.1, 0.15) is 17.3 Å². The van der Waals surface area contributed by atoms with Crippen molar-refractivity contribution in [1.29, 1.82) is 0 Å². The molecule has 0 aliphatic rings. The third-order valence-electron chi connectivity index (χ3n) is 1.98. The smallest absolute Gasteiger partial charge is 0.454 e. The van der Waals surface area contributed by atoms with E-state index in [4.69, 9.17) is 4.74 Å². The Labute approximate surface area is 99.3 Å². The number of carbonyl (C=O) groups is 1. The molecule has 0 aliphatic carbocycles. The van der Waals surface area contributed by atoms with Crippen LogP contribution in [0.2, 0.25) is 0 Å². The van der Waals surface area contributed by atoms with Crippen LogP contribution in [-0.2, 0) is 0 Å². The predicted molar refractivity (Wildman–Crippen MR) is 54.7 cm³/mol. The van der Waals surface area contributed by atoms with Crippen molar-refractivity contribution in [2.75, 3.05) is 6.61 Å². The number of nitrogens with zero attached hydrogens (tertiary/aromatic N) is 1. The van der Waals surface area contributed by atoms with E-state index in [-0.39, 0.29) is 12.4 Å². The zero-order chi connectivity index (χ0) is 13.9. The SMILES string of the molecule is CCOc1ccc(C(=O)C(F)(F)F)cc1[N+](=O)[O-]. The summed E-state index contributed by atoms with van der Waals surface area (Å²) in [6.07, 6.45) is -5.07. The van der Waals surface area contributed by atoms with Gasteiger partial charge < -0.3 is 4.74 Å². The Morgan fingerprint density at radius 3 is 2.50 bits per heavy atom. The first-order valence-corrected chi connectivity index (χ1v) is 4.80. The summed E-state index contributed by atoms with van der Waals surface area (Å²) in [6.45, 7) is 1.69. The van der Waals surface area contributed by atoms with E-state index in [0.29, 0.717) is 6.07 Å². The Morgan fingerprint density at radius 1 is 1.44 bits per heavy atom. The molecule has 0 atom stereocenters. The number of ether oxygens (including phenoxy) is 1. The van der Waals surface area contributed by atoms with Crippen LogP contribution in [0, 0.1) is 10.1 Å². The van der Waals surface area contributed by atoms with Gasteiger partial charge in [-0.25, -0.2) is 0 Å². The number of Topliss-reactive ketones (excluding diaryl/α,β-unsaturated/α-hetero) is 1. The molecule has 1 aromatic carbocycles. The maximum absolute atomic E-state index is 12.2. The molecule has 18 heavy (non-hydrogen) atoms. The second-order valence-corrected chi connectivity index (χ2v) is 3.20. The fourth-order valence-corrected chi connectivity index (χ4v) is 1.24. The lowest BCUT2D eigenvalue weighted by atomic mass is 10.1. The zero-order valence-electron chi connectivity index (χ0n) is 9.15. The second-order valence-electron chi connectivity index (χ2n) is 3.20. The van der Waals surface area contributed by atoms with Crippen LogP contribution >= 0.6 is 0 Å². The Morgan fingerprint density at radius 2 is 2.06 bits per heavy atom. The van der Waals surface area contributed by atoms with Crippen molar-refractivity contribution in [3.63, 3.8) is 0 Å². The van der Waals surface area contributed by atoms with Crippen LogP contribution in [0.25, 0.3) is 0 Å². The zero-order valence-corrected chi connectivity index (χ0v) is 9.15. The standard InChI is InChI=1S/C10H8F3NO4/c1-2-18-8-4-3-6(5-7(8)14(16)17)9(15)10(11,12)13/h3-5H,2H2,1H3. The van der Waals surface area contributed by atoms with Crippen molar-refractivity contribution < 1.29 is 27.6 Å². The number of carbonyl (C=O) groups excluding carboxylic acids is 1. The lowest BCUT2D eigenvalue weighted by Crippen LogP contribution is -2.22. The topological polar surface area (TPSA) is 69.4 Å². The molecular weight excluding hydrogens is 255 g/mol. The molecule has 0 N–H and O–H groups in total. The summed E-state index contributed by atoms with van der Waals surface area (Å²) >= 11 is 0. The van der Waals surface area contributed by atoms with Gasteiger partial charge >= 0.3 is 11.9 Å². The van der Waals surface area contributed by atoms with E-state index in [1.54, 1.807) is 6.92 Å². The third-order valence-corrected chi connectivity index (χ3v) is 1.98. The summed E-state index contributed by atoms with van der Waals surface area (Å²) < 4.78 is 41.4. The van der Waals surface area contributed by atoms with Gasteiger partial charge in [0, 0.05) is 11.6 Å². The van der Waals surface area contributed by atoms with Crippen molar-refractivity contribution in [1.82, 2.24) is 0 Å². The molecule has 5 nitrogen and oxygen atoms in total. The van der Waals surface area contributed by atoms with Crippen LogP contribution in [-0.4, -0.2) is 23.5 Å². The average Bonchev–Trinajstić information content (AvgIpc) is 2.27. The molecule has 0 unspecified atom stereocenters. The minimum Gasteiger partial charge on any atom is -0.487 e. The summed E-state index contributed by atoms with van der Waals surface area (Å²) in [4.78, 5) is 20.7. The maximum atomic E-state index is 12.2.